The minimum Gasteiger partial charge on any atom is -0.293 e. The van der Waals surface area contributed by atoms with Gasteiger partial charge in [-0.1, -0.05) is 18.2 Å². The van der Waals surface area contributed by atoms with E-state index in [0.717, 1.165) is 5.69 Å². The Morgan fingerprint density at radius 1 is 1.27 bits per heavy atom. The van der Waals surface area contributed by atoms with Gasteiger partial charge in [-0.3, -0.25) is 14.7 Å². The van der Waals surface area contributed by atoms with E-state index >= 15 is 0 Å². The molecule has 0 aliphatic carbocycles. The van der Waals surface area contributed by atoms with Gasteiger partial charge in [-0.25, -0.2) is 4.68 Å². The van der Waals surface area contributed by atoms with Crippen LogP contribution < -0.4 is 5.56 Å². The normalized spacial score (nSPS) is 10.2. The standard InChI is InChI=1S/C11H10N2O2/c1-8(14)10-7-11(15)13(12-10)9-5-3-2-4-6-9/h2-7,12H,1H3. The molecule has 0 atom stereocenters. The zero-order chi connectivity index (χ0) is 10.8. The number of nitrogens with one attached hydrogen (secondary N) is 1. The zero-order valence-electron chi connectivity index (χ0n) is 8.23. The van der Waals surface area contributed by atoms with E-state index in [4.69, 9.17) is 0 Å². The van der Waals surface area contributed by atoms with Crippen molar-refractivity contribution in [2.75, 3.05) is 0 Å². The molecule has 1 aromatic heterocycles. The topological polar surface area (TPSA) is 54.9 Å². The van der Waals surface area contributed by atoms with E-state index in [1.54, 1.807) is 12.1 Å². The first-order valence-corrected chi connectivity index (χ1v) is 4.57. The van der Waals surface area contributed by atoms with Crippen LogP contribution in [-0.4, -0.2) is 15.6 Å². The molecule has 1 N–H and O–H groups in total. The Morgan fingerprint density at radius 3 is 2.47 bits per heavy atom. The molecule has 0 fully saturated rings. The highest BCUT2D eigenvalue weighted by Crippen LogP contribution is 2.03. The minimum atomic E-state index is -0.230. The number of H-pyrrole nitrogens is 1. The first-order chi connectivity index (χ1) is 7.18. The number of nitrogens with zero attached hydrogens (tertiary/aromatic N) is 1. The van der Waals surface area contributed by atoms with E-state index in [-0.39, 0.29) is 11.3 Å². The predicted octanol–water partition coefficient (Wildman–Crippen LogP) is 1.37. The molecule has 0 aliphatic rings. The Kier molecular flexibility index (Phi) is 2.25. The van der Waals surface area contributed by atoms with Crippen LogP contribution in [0.15, 0.2) is 41.2 Å². The van der Waals surface area contributed by atoms with Crippen LogP contribution >= 0.6 is 0 Å². The second-order valence-corrected chi connectivity index (χ2v) is 3.24. The molecule has 0 unspecified atom stereocenters. The maximum atomic E-state index is 11.5. The summed E-state index contributed by atoms with van der Waals surface area (Å²) < 4.78 is 1.34. The van der Waals surface area contributed by atoms with E-state index in [9.17, 15) is 9.59 Å². The van der Waals surface area contributed by atoms with Gasteiger partial charge < -0.3 is 0 Å². The van der Waals surface area contributed by atoms with Crippen LogP contribution in [0.1, 0.15) is 17.4 Å². The number of hydrogen-bond donors (Lipinski definition) is 1. The molecule has 1 heterocycles. The molecule has 0 amide bonds. The van der Waals surface area contributed by atoms with Gasteiger partial charge in [0.25, 0.3) is 5.56 Å². The highest BCUT2D eigenvalue weighted by Gasteiger charge is 2.07. The molecular weight excluding hydrogens is 192 g/mol. The first kappa shape index (κ1) is 9.45. The fourth-order valence-corrected chi connectivity index (χ4v) is 1.35. The average Bonchev–Trinajstić information content (AvgIpc) is 2.62. The SMILES string of the molecule is CC(=O)c1cc(=O)n(-c2ccccc2)[nH]1. The molecule has 76 valence electrons. The van der Waals surface area contributed by atoms with Crippen LogP contribution in [0, 0.1) is 0 Å². The maximum Gasteiger partial charge on any atom is 0.271 e. The molecule has 2 aromatic rings. The average molecular weight is 202 g/mol. The van der Waals surface area contributed by atoms with Gasteiger partial charge in [0.15, 0.2) is 5.78 Å². The monoisotopic (exact) mass is 202 g/mol. The number of rotatable bonds is 2. The molecule has 0 spiro atoms. The van der Waals surface area contributed by atoms with Crippen LogP contribution in [0.25, 0.3) is 5.69 Å². The van der Waals surface area contributed by atoms with Gasteiger partial charge in [0, 0.05) is 13.0 Å². The number of aromatic amines is 1. The Morgan fingerprint density at radius 2 is 1.93 bits per heavy atom. The van der Waals surface area contributed by atoms with Crippen molar-refractivity contribution in [2.45, 2.75) is 6.92 Å². The molecule has 0 saturated heterocycles. The van der Waals surface area contributed by atoms with Crippen molar-refractivity contribution in [2.24, 2.45) is 0 Å². The van der Waals surface area contributed by atoms with Gasteiger partial charge in [0.2, 0.25) is 0 Å². The zero-order valence-corrected chi connectivity index (χ0v) is 8.23. The number of ketones is 1. The molecule has 0 bridgehead atoms. The lowest BCUT2D eigenvalue weighted by molar-refractivity contribution is 0.101. The van der Waals surface area contributed by atoms with Gasteiger partial charge >= 0.3 is 0 Å². The third-order valence-corrected chi connectivity index (χ3v) is 2.11. The number of benzene rings is 1. The Bertz CT molecular complexity index is 537. The highest BCUT2D eigenvalue weighted by molar-refractivity contribution is 5.91. The van der Waals surface area contributed by atoms with Crippen molar-refractivity contribution in [3.63, 3.8) is 0 Å². The van der Waals surface area contributed by atoms with Crippen molar-refractivity contribution in [3.05, 3.63) is 52.4 Å². The van der Waals surface area contributed by atoms with E-state index in [0.29, 0.717) is 5.69 Å². The summed E-state index contributed by atoms with van der Waals surface area (Å²) in [7, 11) is 0. The smallest absolute Gasteiger partial charge is 0.271 e. The molecule has 1 aromatic carbocycles. The van der Waals surface area contributed by atoms with Gasteiger partial charge in [-0.2, -0.15) is 0 Å². The van der Waals surface area contributed by atoms with Crippen molar-refractivity contribution < 1.29 is 4.79 Å². The lowest BCUT2D eigenvalue weighted by Crippen LogP contribution is -2.13. The summed E-state index contributed by atoms with van der Waals surface area (Å²) in [5.41, 5.74) is 0.810. The predicted molar refractivity (Wildman–Crippen MR) is 56.4 cm³/mol. The van der Waals surface area contributed by atoms with Gasteiger partial charge in [0.1, 0.15) is 5.69 Å². The molecule has 4 heteroatoms. The third kappa shape index (κ3) is 1.74. The summed E-state index contributed by atoms with van der Waals surface area (Å²) in [6.07, 6.45) is 0. The van der Waals surface area contributed by atoms with Crippen molar-refractivity contribution >= 4 is 5.78 Å². The second kappa shape index (κ2) is 3.57. The quantitative estimate of drug-likeness (QED) is 0.748. The minimum absolute atomic E-state index is 0.151. The summed E-state index contributed by atoms with van der Waals surface area (Å²) >= 11 is 0. The number of Topliss-reactive ketones (excluding diaryl/α,β-unsaturated/α-hetero) is 1. The third-order valence-electron chi connectivity index (χ3n) is 2.11. The van der Waals surface area contributed by atoms with Crippen LogP contribution in [0.5, 0.6) is 0 Å². The summed E-state index contributed by atoms with van der Waals surface area (Å²) in [5.74, 6) is -0.151. The van der Waals surface area contributed by atoms with E-state index in [1.165, 1.54) is 17.7 Å². The summed E-state index contributed by atoms with van der Waals surface area (Å²) in [5, 5.41) is 2.75. The van der Waals surface area contributed by atoms with Gasteiger partial charge in [-0.05, 0) is 12.1 Å². The Hall–Kier alpha value is -2.10. The van der Waals surface area contributed by atoms with Crippen molar-refractivity contribution in [1.82, 2.24) is 9.78 Å². The molecule has 15 heavy (non-hydrogen) atoms. The number of hydrogen-bond acceptors (Lipinski definition) is 2. The maximum absolute atomic E-state index is 11.5. The lowest BCUT2D eigenvalue weighted by atomic mass is 10.3. The fourth-order valence-electron chi connectivity index (χ4n) is 1.35. The molecule has 0 aliphatic heterocycles. The van der Waals surface area contributed by atoms with Crippen LogP contribution in [0.4, 0.5) is 0 Å². The first-order valence-electron chi connectivity index (χ1n) is 4.57. The largest absolute Gasteiger partial charge is 0.293 e. The second-order valence-electron chi connectivity index (χ2n) is 3.24. The van der Waals surface area contributed by atoms with Crippen LogP contribution in [-0.2, 0) is 0 Å². The number of aromatic nitrogens is 2. The highest BCUT2D eigenvalue weighted by atomic mass is 16.1. The molecule has 4 nitrogen and oxygen atoms in total. The fraction of sp³-hybridized carbons (Fsp3) is 0.0909. The van der Waals surface area contributed by atoms with Gasteiger partial charge in [0.05, 0.1) is 5.69 Å². The lowest BCUT2D eigenvalue weighted by Gasteiger charge is -1.99. The summed E-state index contributed by atoms with van der Waals surface area (Å²) in [6, 6.07) is 10.4. The Labute approximate surface area is 86.1 Å². The summed E-state index contributed by atoms with van der Waals surface area (Å²) in [6.45, 7) is 1.42. The van der Waals surface area contributed by atoms with Gasteiger partial charge in [-0.15, -0.1) is 0 Å². The molecule has 0 radical (unpaired) electrons. The number of carbonyl (C=O) groups is 1. The number of para-hydroxylation sites is 1. The van der Waals surface area contributed by atoms with Crippen molar-refractivity contribution in [3.8, 4) is 5.69 Å². The van der Waals surface area contributed by atoms with Crippen LogP contribution in [0.3, 0.4) is 0 Å². The van der Waals surface area contributed by atoms with E-state index in [2.05, 4.69) is 5.10 Å². The number of carbonyl (C=O) groups excluding carboxylic acids is 1. The Balaban J connectivity index is 2.55. The summed E-state index contributed by atoms with van der Waals surface area (Å²) in [4.78, 5) is 22.6. The molecular formula is C11H10N2O2. The van der Waals surface area contributed by atoms with E-state index in [1.807, 2.05) is 18.2 Å². The molecule has 0 saturated carbocycles. The van der Waals surface area contributed by atoms with Crippen LogP contribution in [0.2, 0.25) is 0 Å². The molecule has 2 rings (SSSR count). The van der Waals surface area contributed by atoms with E-state index < -0.39 is 0 Å². The van der Waals surface area contributed by atoms with Crippen molar-refractivity contribution in [1.29, 1.82) is 0 Å².